The lowest BCUT2D eigenvalue weighted by Crippen LogP contribution is -2.36. The lowest BCUT2D eigenvalue weighted by molar-refractivity contribution is -0.125. The summed E-state index contributed by atoms with van der Waals surface area (Å²) < 4.78 is 0. The van der Waals surface area contributed by atoms with Gasteiger partial charge in [0.25, 0.3) is 0 Å². The summed E-state index contributed by atoms with van der Waals surface area (Å²) in [4.78, 5) is 11.9. The quantitative estimate of drug-likeness (QED) is 0.774. The molecular formula is C13H23NO. The maximum absolute atomic E-state index is 11.9. The molecule has 2 nitrogen and oxygen atoms in total. The first-order chi connectivity index (χ1) is 7.36. The molecule has 15 heavy (non-hydrogen) atoms. The van der Waals surface area contributed by atoms with Crippen LogP contribution in [0.15, 0.2) is 0 Å². The Bertz CT molecular complexity index is 203. The van der Waals surface area contributed by atoms with Gasteiger partial charge in [-0.1, -0.05) is 25.7 Å². The fourth-order valence-electron chi connectivity index (χ4n) is 2.59. The Morgan fingerprint density at radius 3 is 2.53 bits per heavy atom. The zero-order chi connectivity index (χ0) is 10.5. The van der Waals surface area contributed by atoms with Gasteiger partial charge in [-0.25, -0.2) is 0 Å². The van der Waals surface area contributed by atoms with Crippen molar-refractivity contribution in [2.75, 3.05) is 6.54 Å². The van der Waals surface area contributed by atoms with E-state index in [9.17, 15) is 4.79 Å². The van der Waals surface area contributed by atoms with E-state index in [1.807, 2.05) is 0 Å². The third-order valence-electron chi connectivity index (χ3n) is 3.92. The van der Waals surface area contributed by atoms with Crippen LogP contribution in [0, 0.1) is 5.92 Å². The molecule has 0 aromatic rings. The summed E-state index contributed by atoms with van der Waals surface area (Å²) in [7, 11) is 0. The monoisotopic (exact) mass is 209 g/mol. The number of rotatable bonds is 3. The normalized spacial score (nSPS) is 28.9. The molecule has 0 spiro atoms. The van der Waals surface area contributed by atoms with Gasteiger partial charge in [-0.2, -0.15) is 0 Å². The van der Waals surface area contributed by atoms with Gasteiger partial charge in [-0.05, 0) is 32.2 Å². The molecule has 0 amide bonds. The summed E-state index contributed by atoms with van der Waals surface area (Å²) in [6.45, 7) is 1.11. The van der Waals surface area contributed by atoms with Crippen LogP contribution >= 0.6 is 0 Å². The molecule has 1 heterocycles. The molecule has 1 atom stereocenters. The number of hydrogen-bond acceptors (Lipinski definition) is 2. The van der Waals surface area contributed by atoms with E-state index in [1.165, 1.54) is 38.5 Å². The second kappa shape index (κ2) is 5.64. The molecule has 1 saturated carbocycles. The minimum atomic E-state index is 0.428. The molecule has 1 aliphatic heterocycles. The Balaban J connectivity index is 1.73. The van der Waals surface area contributed by atoms with Gasteiger partial charge in [0.05, 0.1) is 0 Å². The van der Waals surface area contributed by atoms with Crippen LogP contribution in [-0.2, 0) is 4.79 Å². The number of carbonyl (C=O) groups excluding carboxylic acids is 1. The van der Waals surface area contributed by atoms with Crippen molar-refractivity contribution in [3.05, 3.63) is 0 Å². The van der Waals surface area contributed by atoms with Crippen molar-refractivity contribution in [1.29, 1.82) is 0 Å². The lowest BCUT2D eigenvalue weighted by Gasteiger charge is -2.27. The molecule has 1 unspecified atom stereocenters. The molecule has 0 radical (unpaired) electrons. The SMILES string of the molecule is O=C(CC1CCCCCCN1)C1CCC1. The van der Waals surface area contributed by atoms with Gasteiger partial charge in [0.1, 0.15) is 5.78 Å². The Hall–Kier alpha value is -0.370. The molecule has 2 heteroatoms. The van der Waals surface area contributed by atoms with E-state index in [2.05, 4.69) is 5.32 Å². The summed E-state index contributed by atoms with van der Waals surface area (Å²) in [5.41, 5.74) is 0. The number of ketones is 1. The predicted octanol–water partition coefficient (Wildman–Crippen LogP) is 2.67. The van der Waals surface area contributed by atoms with Crippen molar-refractivity contribution in [2.24, 2.45) is 5.92 Å². The van der Waals surface area contributed by atoms with Crippen LogP contribution < -0.4 is 5.32 Å². The van der Waals surface area contributed by atoms with Gasteiger partial charge >= 0.3 is 0 Å². The van der Waals surface area contributed by atoms with Gasteiger partial charge in [0.15, 0.2) is 0 Å². The van der Waals surface area contributed by atoms with Crippen LogP contribution in [0.5, 0.6) is 0 Å². The number of hydrogen-bond donors (Lipinski definition) is 1. The summed E-state index contributed by atoms with van der Waals surface area (Å²) in [6, 6.07) is 0.485. The average molecular weight is 209 g/mol. The number of carbonyl (C=O) groups is 1. The van der Waals surface area contributed by atoms with Crippen LogP contribution in [0.3, 0.4) is 0 Å². The minimum Gasteiger partial charge on any atom is -0.314 e. The molecule has 2 rings (SSSR count). The van der Waals surface area contributed by atoms with Crippen molar-refractivity contribution < 1.29 is 4.79 Å². The van der Waals surface area contributed by atoms with E-state index in [0.717, 1.165) is 25.8 Å². The smallest absolute Gasteiger partial charge is 0.137 e. The zero-order valence-electron chi connectivity index (χ0n) is 9.63. The first-order valence-corrected chi connectivity index (χ1v) is 6.62. The van der Waals surface area contributed by atoms with E-state index in [0.29, 0.717) is 17.7 Å². The van der Waals surface area contributed by atoms with Gasteiger partial charge in [0, 0.05) is 18.4 Å². The van der Waals surface area contributed by atoms with Crippen molar-refractivity contribution in [2.45, 2.75) is 63.8 Å². The maximum Gasteiger partial charge on any atom is 0.137 e. The zero-order valence-corrected chi connectivity index (χ0v) is 9.63. The Labute approximate surface area is 92.8 Å². The maximum atomic E-state index is 11.9. The molecule has 0 aromatic carbocycles. The molecule has 1 saturated heterocycles. The van der Waals surface area contributed by atoms with E-state index in [1.54, 1.807) is 0 Å². The Morgan fingerprint density at radius 2 is 1.80 bits per heavy atom. The standard InChI is InChI=1S/C13H23NO/c15-13(11-6-5-7-11)10-12-8-3-1-2-4-9-14-12/h11-12,14H,1-10H2. The Morgan fingerprint density at radius 1 is 1.00 bits per heavy atom. The van der Waals surface area contributed by atoms with Crippen LogP contribution in [0.1, 0.15) is 57.8 Å². The second-order valence-corrected chi connectivity index (χ2v) is 5.15. The topological polar surface area (TPSA) is 29.1 Å². The van der Waals surface area contributed by atoms with Crippen LogP contribution in [0.25, 0.3) is 0 Å². The second-order valence-electron chi connectivity index (χ2n) is 5.15. The van der Waals surface area contributed by atoms with Gasteiger partial charge < -0.3 is 5.32 Å². The average Bonchev–Trinajstić information content (AvgIpc) is 2.06. The lowest BCUT2D eigenvalue weighted by atomic mass is 9.80. The van der Waals surface area contributed by atoms with Crippen molar-refractivity contribution in [1.82, 2.24) is 5.32 Å². The minimum absolute atomic E-state index is 0.428. The van der Waals surface area contributed by atoms with Gasteiger partial charge in [-0.15, -0.1) is 0 Å². The molecule has 2 aliphatic rings. The number of Topliss-reactive ketones (excluding diaryl/α,β-unsaturated/α-hetero) is 1. The first-order valence-electron chi connectivity index (χ1n) is 6.62. The third kappa shape index (κ3) is 3.30. The third-order valence-corrected chi connectivity index (χ3v) is 3.92. The van der Waals surface area contributed by atoms with Gasteiger partial charge in [0.2, 0.25) is 0 Å². The number of nitrogens with one attached hydrogen (secondary N) is 1. The van der Waals surface area contributed by atoms with E-state index < -0.39 is 0 Å². The fourth-order valence-corrected chi connectivity index (χ4v) is 2.59. The molecule has 1 N–H and O–H groups in total. The highest BCUT2D eigenvalue weighted by Crippen LogP contribution is 2.29. The van der Waals surface area contributed by atoms with Crippen molar-refractivity contribution in [3.63, 3.8) is 0 Å². The molecule has 86 valence electrons. The van der Waals surface area contributed by atoms with E-state index >= 15 is 0 Å². The predicted molar refractivity (Wildman–Crippen MR) is 61.8 cm³/mol. The van der Waals surface area contributed by atoms with Gasteiger partial charge in [-0.3, -0.25) is 4.79 Å². The van der Waals surface area contributed by atoms with Crippen molar-refractivity contribution in [3.8, 4) is 0 Å². The summed E-state index contributed by atoms with van der Waals surface area (Å²) in [5.74, 6) is 0.955. The molecule has 0 bridgehead atoms. The molecule has 1 aliphatic carbocycles. The Kier molecular flexibility index (Phi) is 4.18. The molecular weight excluding hydrogens is 186 g/mol. The van der Waals surface area contributed by atoms with E-state index in [4.69, 9.17) is 0 Å². The highest BCUT2D eigenvalue weighted by molar-refractivity contribution is 5.82. The largest absolute Gasteiger partial charge is 0.314 e. The molecule has 0 aromatic heterocycles. The fraction of sp³-hybridized carbons (Fsp3) is 0.923. The van der Waals surface area contributed by atoms with Crippen LogP contribution in [-0.4, -0.2) is 18.4 Å². The summed E-state index contributed by atoms with van der Waals surface area (Å²) in [5, 5.41) is 3.53. The summed E-state index contributed by atoms with van der Waals surface area (Å²) in [6.07, 6.45) is 10.9. The van der Waals surface area contributed by atoms with E-state index in [-0.39, 0.29) is 0 Å². The molecule has 2 fully saturated rings. The van der Waals surface area contributed by atoms with Crippen LogP contribution in [0.2, 0.25) is 0 Å². The summed E-state index contributed by atoms with van der Waals surface area (Å²) >= 11 is 0. The first kappa shape index (κ1) is 11.1. The highest BCUT2D eigenvalue weighted by atomic mass is 16.1. The van der Waals surface area contributed by atoms with Crippen LogP contribution in [0.4, 0.5) is 0 Å². The van der Waals surface area contributed by atoms with Crippen molar-refractivity contribution >= 4 is 5.78 Å². The highest BCUT2D eigenvalue weighted by Gasteiger charge is 2.26.